The van der Waals surface area contributed by atoms with E-state index in [0.717, 1.165) is 19.3 Å². The van der Waals surface area contributed by atoms with Gasteiger partial charge in [-0.15, -0.1) is 0 Å². The lowest BCUT2D eigenvalue weighted by Gasteiger charge is -2.16. The molecule has 0 aromatic heterocycles. The second kappa shape index (κ2) is 5.88. The Labute approximate surface area is 112 Å². The number of benzene rings is 1. The van der Waals surface area contributed by atoms with Crippen molar-refractivity contribution in [1.82, 2.24) is 0 Å². The molecule has 0 bridgehead atoms. The zero-order valence-electron chi connectivity index (χ0n) is 10.9. The van der Waals surface area contributed by atoms with E-state index in [2.05, 4.69) is 10.6 Å². The van der Waals surface area contributed by atoms with Crippen LogP contribution in [-0.4, -0.2) is 29.7 Å². The maximum atomic E-state index is 11.1. The predicted octanol–water partition coefficient (Wildman–Crippen LogP) is 2.21. The molecule has 2 unspecified atom stereocenters. The molecule has 1 saturated carbocycles. The fourth-order valence-corrected chi connectivity index (χ4v) is 2.58. The summed E-state index contributed by atoms with van der Waals surface area (Å²) < 4.78 is 0. The van der Waals surface area contributed by atoms with E-state index in [1.54, 1.807) is 25.2 Å². The molecule has 1 aromatic carbocycles. The molecule has 0 spiro atoms. The first-order valence-electron chi connectivity index (χ1n) is 6.50. The van der Waals surface area contributed by atoms with E-state index >= 15 is 0 Å². The lowest BCUT2D eigenvalue weighted by Crippen LogP contribution is -2.22. The summed E-state index contributed by atoms with van der Waals surface area (Å²) in [7, 11) is 1.66. The summed E-state index contributed by atoms with van der Waals surface area (Å²) in [6.07, 6.45) is 2.52. The Morgan fingerprint density at radius 3 is 2.74 bits per heavy atom. The van der Waals surface area contributed by atoms with Crippen LogP contribution in [0.5, 0.6) is 0 Å². The number of nitrogens with one attached hydrogen (secondary N) is 2. The molecule has 1 aromatic rings. The average Bonchev–Trinajstić information content (AvgIpc) is 2.81. The molecule has 3 N–H and O–H groups in total. The van der Waals surface area contributed by atoms with Crippen LogP contribution in [0.15, 0.2) is 18.2 Å². The van der Waals surface area contributed by atoms with Crippen molar-refractivity contribution in [3.05, 3.63) is 28.3 Å². The summed E-state index contributed by atoms with van der Waals surface area (Å²) in [4.78, 5) is 10.7. The molecule has 2 rings (SSSR count). The molecule has 0 radical (unpaired) electrons. The summed E-state index contributed by atoms with van der Waals surface area (Å²) >= 11 is 0. The highest BCUT2D eigenvalue weighted by Crippen LogP contribution is 2.33. The van der Waals surface area contributed by atoms with Crippen molar-refractivity contribution in [3.63, 3.8) is 0 Å². The number of aliphatic hydroxyl groups is 1. The van der Waals surface area contributed by atoms with E-state index in [1.165, 1.54) is 0 Å². The molecule has 6 nitrogen and oxygen atoms in total. The summed E-state index contributed by atoms with van der Waals surface area (Å²) in [5, 5.41) is 26.8. The van der Waals surface area contributed by atoms with Gasteiger partial charge in [0.25, 0.3) is 0 Å². The Morgan fingerprint density at radius 1 is 1.42 bits per heavy atom. The summed E-state index contributed by atoms with van der Waals surface area (Å²) in [6, 6.07) is 5.14. The first-order valence-corrected chi connectivity index (χ1v) is 6.50. The highest BCUT2D eigenvalue weighted by Gasteiger charge is 2.26. The van der Waals surface area contributed by atoms with Crippen molar-refractivity contribution in [1.29, 1.82) is 0 Å². The van der Waals surface area contributed by atoms with Crippen molar-refractivity contribution < 1.29 is 10.0 Å². The molecule has 1 fully saturated rings. The number of aliphatic hydroxyl groups excluding tert-OH is 1. The van der Waals surface area contributed by atoms with Gasteiger partial charge in [0, 0.05) is 19.5 Å². The molecule has 0 aliphatic heterocycles. The first-order chi connectivity index (χ1) is 9.13. The van der Waals surface area contributed by atoms with E-state index < -0.39 is 0 Å². The van der Waals surface area contributed by atoms with Crippen LogP contribution >= 0.6 is 0 Å². The molecule has 2 atom stereocenters. The third kappa shape index (κ3) is 2.96. The first kappa shape index (κ1) is 13.6. The van der Waals surface area contributed by atoms with Crippen molar-refractivity contribution in [2.45, 2.75) is 25.4 Å². The van der Waals surface area contributed by atoms with Crippen LogP contribution < -0.4 is 10.6 Å². The van der Waals surface area contributed by atoms with Crippen molar-refractivity contribution >= 4 is 17.1 Å². The number of para-hydroxylation sites is 1. The van der Waals surface area contributed by atoms with Crippen LogP contribution in [-0.2, 0) is 0 Å². The highest BCUT2D eigenvalue weighted by atomic mass is 16.6. The number of nitrogens with zero attached hydrogens (tertiary/aromatic N) is 1. The number of nitro benzene ring substituents is 1. The fraction of sp³-hybridized carbons (Fsp3) is 0.538. The summed E-state index contributed by atoms with van der Waals surface area (Å²) in [5.74, 6) is 0.179. The molecule has 1 aliphatic rings. The minimum absolute atomic E-state index is 0.0532. The van der Waals surface area contributed by atoms with E-state index in [4.69, 9.17) is 0 Å². The smallest absolute Gasteiger partial charge is 0.315 e. The monoisotopic (exact) mass is 265 g/mol. The second-order valence-corrected chi connectivity index (χ2v) is 4.85. The third-order valence-corrected chi connectivity index (χ3v) is 3.66. The van der Waals surface area contributed by atoms with Crippen LogP contribution in [0.2, 0.25) is 0 Å². The minimum Gasteiger partial charge on any atom is -0.393 e. The number of nitro groups is 1. The van der Waals surface area contributed by atoms with E-state index in [0.29, 0.717) is 17.9 Å². The topological polar surface area (TPSA) is 87.4 Å². The third-order valence-electron chi connectivity index (χ3n) is 3.66. The van der Waals surface area contributed by atoms with Crippen LogP contribution in [0.25, 0.3) is 0 Å². The second-order valence-electron chi connectivity index (χ2n) is 4.85. The number of anilines is 2. The SMILES string of the molecule is CNc1cccc(NCC2CCCC2O)c1[N+](=O)[O-]. The Hall–Kier alpha value is -1.82. The lowest BCUT2D eigenvalue weighted by molar-refractivity contribution is -0.383. The van der Waals surface area contributed by atoms with Gasteiger partial charge in [0.2, 0.25) is 0 Å². The molecule has 6 heteroatoms. The molecule has 0 heterocycles. The number of rotatable bonds is 5. The normalized spacial score (nSPS) is 22.2. The van der Waals surface area contributed by atoms with Crippen molar-refractivity contribution in [2.24, 2.45) is 5.92 Å². The van der Waals surface area contributed by atoms with Gasteiger partial charge in [0.15, 0.2) is 0 Å². The van der Waals surface area contributed by atoms with Crippen LogP contribution in [0, 0.1) is 16.0 Å². The van der Waals surface area contributed by atoms with E-state index in [9.17, 15) is 15.2 Å². The van der Waals surface area contributed by atoms with Crippen molar-refractivity contribution in [3.8, 4) is 0 Å². The maximum Gasteiger partial charge on any atom is 0.315 e. The average molecular weight is 265 g/mol. The molecular weight excluding hydrogens is 246 g/mol. The van der Waals surface area contributed by atoms with Gasteiger partial charge < -0.3 is 15.7 Å². The molecule has 104 valence electrons. The molecule has 1 aliphatic carbocycles. The fourth-order valence-electron chi connectivity index (χ4n) is 2.58. The molecule has 19 heavy (non-hydrogen) atoms. The van der Waals surface area contributed by atoms with Crippen LogP contribution in [0.4, 0.5) is 17.1 Å². The van der Waals surface area contributed by atoms with Crippen LogP contribution in [0.3, 0.4) is 0 Å². The van der Waals surface area contributed by atoms with Gasteiger partial charge >= 0.3 is 5.69 Å². The van der Waals surface area contributed by atoms with Gasteiger partial charge in [-0.3, -0.25) is 10.1 Å². The zero-order chi connectivity index (χ0) is 13.8. The summed E-state index contributed by atoms with van der Waals surface area (Å²) in [5.41, 5.74) is 1.04. The molecule has 0 amide bonds. The van der Waals surface area contributed by atoms with Gasteiger partial charge in [-0.05, 0) is 25.0 Å². The Kier molecular flexibility index (Phi) is 4.21. The van der Waals surface area contributed by atoms with Gasteiger partial charge in [0.05, 0.1) is 11.0 Å². The van der Waals surface area contributed by atoms with Gasteiger partial charge in [-0.1, -0.05) is 12.5 Å². The quantitative estimate of drug-likeness (QED) is 0.561. The Balaban J connectivity index is 2.13. The van der Waals surface area contributed by atoms with Gasteiger partial charge in [-0.25, -0.2) is 0 Å². The number of hydrogen-bond acceptors (Lipinski definition) is 5. The standard InChI is InChI=1S/C13H19N3O3/c1-14-10-5-3-6-11(13(10)16(18)19)15-8-9-4-2-7-12(9)17/h3,5-6,9,12,14-15,17H,2,4,7-8H2,1H3. The molecule has 0 saturated heterocycles. The largest absolute Gasteiger partial charge is 0.393 e. The van der Waals surface area contributed by atoms with E-state index in [1.807, 2.05) is 0 Å². The zero-order valence-corrected chi connectivity index (χ0v) is 10.9. The predicted molar refractivity (Wildman–Crippen MR) is 74.5 cm³/mol. The van der Waals surface area contributed by atoms with Crippen LogP contribution in [0.1, 0.15) is 19.3 Å². The summed E-state index contributed by atoms with van der Waals surface area (Å²) in [6.45, 7) is 0.565. The van der Waals surface area contributed by atoms with Crippen molar-refractivity contribution in [2.75, 3.05) is 24.2 Å². The Morgan fingerprint density at radius 2 is 2.16 bits per heavy atom. The minimum atomic E-state index is -0.390. The highest BCUT2D eigenvalue weighted by molar-refractivity contribution is 5.76. The maximum absolute atomic E-state index is 11.1. The van der Waals surface area contributed by atoms with Gasteiger partial charge in [-0.2, -0.15) is 0 Å². The van der Waals surface area contributed by atoms with Gasteiger partial charge in [0.1, 0.15) is 11.4 Å². The number of hydrogen-bond donors (Lipinski definition) is 3. The Bertz CT molecular complexity index is 464. The lowest BCUT2D eigenvalue weighted by atomic mass is 10.1. The molecular formula is C13H19N3O3. The van der Waals surface area contributed by atoms with E-state index in [-0.39, 0.29) is 22.6 Å².